The Hall–Kier alpha value is -2.04. The van der Waals surface area contributed by atoms with Crippen LogP contribution < -0.4 is 10.2 Å². The van der Waals surface area contributed by atoms with Gasteiger partial charge in [0.2, 0.25) is 11.8 Å². The molecule has 1 fully saturated rings. The van der Waals surface area contributed by atoms with E-state index in [0.717, 1.165) is 37.4 Å². The molecule has 1 aromatic carbocycles. The molecule has 1 aromatic rings. The monoisotopic (exact) mass is 317 g/mol. The minimum Gasteiger partial charge on any atom is -0.372 e. The first-order valence-corrected chi connectivity index (χ1v) is 8.52. The molecular formula is C18H27N3O2. The number of nitrogens with zero attached hydrogens (tertiary/aromatic N) is 2. The molecule has 1 atom stereocenters. The Balaban J connectivity index is 1.94. The fourth-order valence-electron chi connectivity index (χ4n) is 3.02. The molecule has 5 nitrogen and oxygen atoms in total. The van der Waals surface area contributed by atoms with Gasteiger partial charge in [0.15, 0.2) is 0 Å². The van der Waals surface area contributed by atoms with E-state index in [1.807, 2.05) is 31.2 Å². The van der Waals surface area contributed by atoms with Crippen LogP contribution in [-0.2, 0) is 9.59 Å². The largest absolute Gasteiger partial charge is 0.372 e. The normalized spacial score (nSPS) is 17.4. The number of likely N-dealkylation sites (tertiary alicyclic amines) is 1. The van der Waals surface area contributed by atoms with E-state index in [-0.39, 0.29) is 17.7 Å². The van der Waals surface area contributed by atoms with Gasteiger partial charge in [-0.15, -0.1) is 0 Å². The molecule has 0 aromatic heterocycles. The zero-order valence-corrected chi connectivity index (χ0v) is 14.3. The Morgan fingerprint density at radius 3 is 2.43 bits per heavy atom. The first-order chi connectivity index (χ1) is 11.1. The van der Waals surface area contributed by atoms with Gasteiger partial charge in [0, 0.05) is 44.0 Å². The molecule has 1 N–H and O–H groups in total. The average Bonchev–Trinajstić information content (AvgIpc) is 2.92. The molecule has 0 saturated carbocycles. The highest BCUT2D eigenvalue weighted by Gasteiger charge is 2.33. The molecule has 1 aliphatic heterocycles. The van der Waals surface area contributed by atoms with E-state index in [1.54, 1.807) is 4.90 Å². The maximum Gasteiger partial charge on any atom is 0.229 e. The van der Waals surface area contributed by atoms with Gasteiger partial charge in [0.05, 0.1) is 5.92 Å². The van der Waals surface area contributed by atoms with E-state index in [9.17, 15) is 9.59 Å². The zero-order chi connectivity index (χ0) is 16.8. The van der Waals surface area contributed by atoms with Crippen molar-refractivity contribution in [1.29, 1.82) is 0 Å². The number of hydrogen-bond donors (Lipinski definition) is 1. The summed E-state index contributed by atoms with van der Waals surface area (Å²) in [5.41, 5.74) is 1.94. The maximum atomic E-state index is 12.3. The lowest BCUT2D eigenvalue weighted by molar-refractivity contribution is -0.128. The van der Waals surface area contributed by atoms with Crippen molar-refractivity contribution in [3.63, 3.8) is 0 Å². The van der Waals surface area contributed by atoms with Crippen LogP contribution >= 0.6 is 0 Å². The van der Waals surface area contributed by atoms with Crippen LogP contribution in [0.4, 0.5) is 11.4 Å². The summed E-state index contributed by atoms with van der Waals surface area (Å²) in [6.45, 7) is 9.48. The zero-order valence-electron chi connectivity index (χ0n) is 14.3. The van der Waals surface area contributed by atoms with Gasteiger partial charge in [-0.1, -0.05) is 6.92 Å². The quantitative estimate of drug-likeness (QED) is 0.841. The summed E-state index contributed by atoms with van der Waals surface area (Å²) < 4.78 is 0. The Labute approximate surface area is 138 Å². The summed E-state index contributed by atoms with van der Waals surface area (Å²) in [7, 11) is 0. The van der Waals surface area contributed by atoms with Gasteiger partial charge >= 0.3 is 0 Å². The van der Waals surface area contributed by atoms with Gasteiger partial charge in [-0.05, 0) is 44.5 Å². The van der Waals surface area contributed by atoms with Crippen LogP contribution in [0.2, 0.25) is 0 Å². The summed E-state index contributed by atoms with van der Waals surface area (Å²) in [4.78, 5) is 28.2. The Bertz CT molecular complexity index is 538. The molecule has 2 rings (SSSR count). The van der Waals surface area contributed by atoms with Crippen LogP contribution in [0.25, 0.3) is 0 Å². The van der Waals surface area contributed by atoms with Gasteiger partial charge in [-0.2, -0.15) is 0 Å². The Morgan fingerprint density at radius 1 is 1.22 bits per heavy atom. The van der Waals surface area contributed by atoms with Crippen molar-refractivity contribution in [2.75, 3.05) is 36.4 Å². The van der Waals surface area contributed by atoms with E-state index in [0.29, 0.717) is 13.0 Å². The van der Waals surface area contributed by atoms with Gasteiger partial charge in [0.1, 0.15) is 0 Å². The summed E-state index contributed by atoms with van der Waals surface area (Å²) >= 11 is 0. The third-order valence-corrected chi connectivity index (χ3v) is 4.34. The number of rotatable bonds is 7. The van der Waals surface area contributed by atoms with Crippen LogP contribution in [0.1, 0.15) is 33.6 Å². The lowest BCUT2D eigenvalue weighted by Gasteiger charge is -2.21. The fourth-order valence-corrected chi connectivity index (χ4v) is 3.02. The van der Waals surface area contributed by atoms with Crippen molar-refractivity contribution in [3.05, 3.63) is 24.3 Å². The van der Waals surface area contributed by atoms with E-state index in [1.165, 1.54) is 0 Å². The molecule has 0 bridgehead atoms. The minimum absolute atomic E-state index is 0.0625. The van der Waals surface area contributed by atoms with Gasteiger partial charge < -0.3 is 15.1 Å². The van der Waals surface area contributed by atoms with Crippen molar-refractivity contribution in [2.24, 2.45) is 5.92 Å². The topological polar surface area (TPSA) is 52.7 Å². The van der Waals surface area contributed by atoms with E-state index in [2.05, 4.69) is 24.1 Å². The van der Waals surface area contributed by atoms with E-state index < -0.39 is 0 Å². The van der Waals surface area contributed by atoms with Crippen molar-refractivity contribution < 1.29 is 9.59 Å². The predicted octanol–water partition coefficient (Wildman–Crippen LogP) is 2.73. The highest BCUT2D eigenvalue weighted by atomic mass is 16.2. The number of carbonyl (C=O) groups is 2. The number of nitrogens with one attached hydrogen (secondary N) is 1. The second-order valence-corrected chi connectivity index (χ2v) is 5.95. The Kier molecular flexibility index (Phi) is 6.02. The molecule has 1 aliphatic rings. The van der Waals surface area contributed by atoms with Crippen molar-refractivity contribution in [2.45, 2.75) is 33.6 Å². The van der Waals surface area contributed by atoms with Crippen LogP contribution in [0.3, 0.4) is 0 Å². The average molecular weight is 317 g/mol. The molecule has 0 spiro atoms. The molecule has 5 heteroatoms. The third kappa shape index (κ3) is 4.24. The highest BCUT2D eigenvalue weighted by Crippen LogP contribution is 2.22. The van der Waals surface area contributed by atoms with Crippen molar-refractivity contribution >= 4 is 23.2 Å². The minimum atomic E-state index is -0.239. The van der Waals surface area contributed by atoms with Crippen molar-refractivity contribution in [3.8, 4) is 0 Å². The molecule has 1 unspecified atom stereocenters. The summed E-state index contributed by atoms with van der Waals surface area (Å²) in [6, 6.07) is 7.88. The second-order valence-electron chi connectivity index (χ2n) is 5.95. The summed E-state index contributed by atoms with van der Waals surface area (Å²) in [6.07, 6.45) is 1.25. The fraction of sp³-hybridized carbons (Fsp3) is 0.556. The van der Waals surface area contributed by atoms with Gasteiger partial charge in [-0.25, -0.2) is 0 Å². The van der Waals surface area contributed by atoms with E-state index >= 15 is 0 Å². The van der Waals surface area contributed by atoms with Crippen molar-refractivity contribution in [1.82, 2.24) is 4.90 Å². The molecule has 0 radical (unpaired) electrons. The smallest absolute Gasteiger partial charge is 0.229 e. The number of benzene rings is 1. The lowest BCUT2D eigenvalue weighted by atomic mass is 10.1. The number of hydrogen-bond acceptors (Lipinski definition) is 3. The molecule has 126 valence electrons. The van der Waals surface area contributed by atoms with Crippen LogP contribution in [0.15, 0.2) is 24.3 Å². The number of carbonyl (C=O) groups excluding carboxylic acids is 2. The van der Waals surface area contributed by atoms with E-state index in [4.69, 9.17) is 0 Å². The third-order valence-electron chi connectivity index (χ3n) is 4.34. The van der Waals surface area contributed by atoms with Crippen LogP contribution in [0.5, 0.6) is 0 Å². The Morgan fingerprint density at radius 2 is 1.87 bits per heavy atom. The molecular weight excluding hydrogens is 290 g/mol. The summed E-state index contributed by atoms with van der Waals surface area (Å²) in [5, 5.41) is 2.93. The second kappa shape index (κ2) is 7.99. The first-order valence-electron chi connectivity index (χ1n) is 8.52. The van der Waals surface area contributed by atoms with Crippen LogP contribution in [-0.4, -0.2) is 42.9 Å². The number of amides is 2. The molecule has 1 heterocycles. The number of anilines is 2. The van der Waals surface area contributed by atoms with Gasteiger partial charge in [0.25, 0.3) is 0 Å². The lowest BCUT2D eigenvalue weighted by Crippen LogP contribution is -2.28. The SMILES string of the molecule is CCCN1CC(C(=O)Nc2ccc(N(CC)CC)cc2)CC1=O. The standard InChI is InChI=1S/C18H27N3O2/c1-4-11-21-13-14(12-17(21)22)18(23)19-15-7-9-16(10-8-15)20(5-2)6-3/h7-10,14H,4-6,11-13H2,1-3H3,(H,19,23). The molecule has 2 amide bonds. The summed E-state index contributed by atoms with van der Waals surface area (Å²) in [5.74, 6) is -0.215. The first kappa shape index (κ1) is 17.3. The van der Waals surface area contributed by atoms with Gasteiger partial charge in [-0.3, -0.25) is 9.59 Å². The maximum absolute atomic E-state index is 12.3. The van der Waals surface area contributed by atoms with Crippen LogP contribution in [0, 0.1) is 5.92 Å². The molecule has 23 heavy (non-hydrogen) atoms. The highest BCUT2D eigenvalue weighted by molar-refractivity contribution is 5.97. The molecule has 0 aliphatic carbocycles. The molecule has 1 saturated heterocycles. The predicted molar refractivity (Wildman–Crippen MR) is 93.6 cm³/mol.